The molecule has 1 aromatic rings. The topological polar surface area (TPSA) is 58.7 Å². The summed E-state index contributed by atoms with van der Waals surface area (Å²) in [5.41, 5.74) is 7.47. The number of nitrogens with zero attached hydrogens (tertiary/aromatic N) is 1. The first-order valence-corrected chi connectivity index (χ1v) is 7.93. The zero-order valence-electron chi connectivity index (χ0n) is 13.2. The molecule has 0 amide bonds. The van der Waals surface area contributed by atoms with E-state index in [0.29, 0.717) is 12.6 Å². The Morgan fingerprint density at radius 3 is 2.67 bits per heavy atom. The van der Waals surface area contributed by atoms with Gasteiger partial charge < -0.3 is 15.6 Å². The standard InChI is InChI=1S/C17H28N2O2/c1-13(18)17(14-6-5-9-16(12-14)21-2)19(10-11-20)15-7-3-4-8-15/h5-6,9,12-13,15,17,20H,3-4,7-8,10-11,18H2,1-2H3. The van der Waals surface area contributed by atoms with Gasteiger partial charge >= 0.3 is 0 Å². The maximum absolute atomic E-state index is 9.47. The molecule has 0 spiro atoms. The van der Waals surface area contributed by atoms with Gasteiger partial charge in [0.25, 0.3) is 0 Å². The molecule has 0 bridgehead atoms. The number of hydrogen-bond donors (Lipinski definition) is 2. The summed E-state index contributed by atoms with van der Waals surface area (Å²) in [7, 11) is 1.68. The van der Waals surface area contributed by atoms with Crippen LogP contribution in [0, 0.1) is 0 Å². The van der Waals surface area contributed by atoms with Crippen LogP contribution in [-0.4, -0.2) is 42.4 Å². The molecule has 0 heterocycles. The Bertz CT molecular complexity index is 431. The number of aliphatic hydroxyl groups is 1. The normalized spacial score (nSPS) is 18.9. The second-order valence-corrected chi connectivity index (χ2v) is 5.98. The van der Waals surface area contributed by atoms with Crippen LogP contribution in [-0.2, 0) is 0 Å². The zero-order chi connectivity index (χ0) is 15.2. The lowest BCUT2D eigenvalue weighted by Gasteiger charge is -2.38. The minimum absolute atomic E-state index is 0.00394. The van der Waals surface area contributed by atoms with E-state index in [4.69, 9.17) is 10.5 Å². The van der Waals surface area contributed by atoms with Crippen LogP contribution >= 0.6 is 0 Å². The Hall–Kier alpha value is -1.10. The molecule has 2 atom stereocenters. The first kappa shape index (κ1) is 16.3. The zero-order valence-corrected chi connectivity index (χ0v) is 13.2. The number of benzene rings is 1. The highest BCUT2D eigenvalue weighted by Crippen LogP contribution is 2.33. The Labute approximate surface area is 127 Å². The van der Waals surface area contributed by atoms with Gasteiger partial charge in [0.05, 0.1) is 19.8 Å². The van der Waals surface area contributed by atoms with Gasteiger partial charge in [-0.2, -0.15) is 0 Å². The molecular weight excluding hydrogens is 264 g/mol. The van der Waals surface area contributed by atoms with Gasteiger partial charge in [-0.25, -0.2) is 0 Å². The van der Waals surface area contributed by atoms with E-state index in [9.17, 15) is 5.11 Å². The molecule has 4 nitrogen and oxygen atoms in total. The largest absolute Gasteiger partial charge is 0.497 e. The van der Waals surface area contributed by atoms with E-state index < -0.39 is 0 Å². The van der Waals surface area contributed by atoms with Crippen molar-refractivity contribution in [2.75, 3.05) is 20.3 Å². The van der Waals surface area contributed by atoms with Crippen molar-refractivity contribution in [3.05, 3.63) is 29.8 Å². The molecule has 1 aromatic carbocycles. The Kier molecular flexibility index (Phi) is 6.03. The molecule has 3 N–H and O–H groups in total. The smallest absolute Gasteiger partial charge is 0.119 e. The Morgan fingerprint density at radius 2 is 2.10 bits per heavy atom. The molecule has 21 heavy (non-hydrogen) atoms. The molecule has 1 aliphatic rings. The Balaban J connectivity index is 2.29. The van der Waals surface area contributed by atoms with Gasteiger partial charge in [0.2, 0.25) is 0 Å². The first-order valence-electron chi connectivity index (χ1n) is 7.93. The Morgan fingerprint density at radius 1 is 1.38 bits per heavy atom. The average Bonchev–Trinajstić information content (AvgIpc) is 3.00. The molecule has 0 saturated heterocycles. The summed E-state index contributed by atoms with van der Waals surface area (Å²) in [6, 6.07) is 8.78. The van der Waals surface area contributed by atoms with Crippen LogP contribution < -0.4 is 10.5 Å². The second-order valence-electron chi connectivity index (χ2n) is 5.98. The van der Waals surface area contributed by atoms with E-state index in [1.807, 2.05) is 19.1 Å². The number of ether oxygens (including phenoxy) is 1. The van der Waals surface area contributed by atoms with E-state index in [0.717, 1.165) is 5.75 Å². The molecule has 2 unspecified atom stereocenters. The molecule has 2 rings (SSSR count). The number of hydrogen-bond acceptors (Lipinski definition) is 4. The third-order valence-corrected chi connectivity index (χ3v) is 4.44. The fraction of sp³-hybridized carbons (Fsp3) is 0.647. The van der Waals surface area contributed by atoms with E-state index in [-0.39, 0.29) is 18.7 Å². The predicted octanol–water partition coefficient (Wildman–Crippen LogP) is 2.32. The maximum Gasteiger partial charge on any atom is 0.119 e. The lowest BCUT2D eigenvalue weighted by atomic mass is 9.96. The quantitative estimate of drug-likeness (QED) is 0.810. The maximum atomic E-state index is 9.47. The van der Waals surface area contributed by atoms with Gasteiger partial charge in [-0.3, -0.25) is 4.90 Å². The first-order chi connectivity index (χ1) is 10.2. The summed E-state index contributed by atoms with van der Waals surface area (Å²) >= 11 is 0. The van der Waals surface area contributed by atoms with Crippen molar-refractivity contribution in [2.45, 2.75) is 50.7 Å². The van der Waals surface area contributed by atoms with Gasteiger partial charge in [-0.1, -0.05) is 25.0 Å². The van der Waals surface area contributed by atoms with Crippen molar-refractivity contribution in [2.24, 2.45) is 5.73 Å². The summed E-state index contributed by atoms with van der Waals surface area (Å²) in [6.45, 7) is 2.89. The summed E-state index contributed by atoms with van der Waals surface area (Å²) in [5, 5.41) is 9.47. The highest BCUT2D eigenvalue weighted by atomic mass is 16.5. The van der Waals surface area contributed by atoms with Crippen LogP contribution in [0.1, 0.15) is 44.2 Å². The fourth-order valence-corrected chi connectivity index (χ4v) is 3.52. The number of methoxy groups -OCH3 is 1. The number of aliphatic hydroxyl groups excluding tert-OH is 1. The van der Waals surface area contributed by atoms with Gasteiger partial charge in [0.15, 0.2) is 0 Å². The van der Waals surface area contributed by atoms with Crippen LogP contribution in [0.3, 0.4) is 0 Å². The van der Waals surface area contributed by atoms with Gasteiger partial charge in [0, 0.05) is 18.6 Å². The molecule has 118 valence electrons. The molecule has 1 fully saturated rings. The summed E-state index contributed by atoms with van der Waals surface area (Å²) in [5.74, 6) is 0.855. The van der Waals surface area contributed by atoms with Gasteiger partial charge in [-0.05, 0) is 37.5 Å². The van der Waals surface area contributed by atoms with Crippen molar-refractivity contribution >= 4 is 0 Å². The SMILES string of the molecule is COc1cccc(C(C(C)N)N(CCO)C2CCCC2)c1. The van der Waals surface area contributed by atoms with Crippen molar-refractivity contribution in [3.63, 3.8) is 0 Å². The highest BCUT2D eigenvalue weighted by Gasteiger charge is 2.31. The van der Waals surface area contributed by atoms with Gasteiger partial charge in [0.1, 0.15) is 5.75 Å². The van der Waals surface area contributed by atoms with Crippen LogP contribution in [0.4, 0.5) is 0 Å². The third-order valence-electron chi connectivity index (χ3n) is 4.44. The lowest BCUT2D eigenvalue weighted by molar-refractivity contribution is 0.0921. The predicted molar refractivity (Wildman–Crippen MR) is 85.4 cm³/mol. The molecule has 1 saturated carbocycles. The summed E-state index contributed by atoms with van der Waals surface area (Å²) in [6.07, 6.45) is 4.95. The monoisotopic (exact) mass is 292 g/mol. The van der Waals surface area contributed by atoms with E-state index in [1.54, 1.807) is 7.11 Å². The van der Waals surface area contributed by atoms with Crippen molar-refractivity contribution in [3.8, 4) is 5.75 Å². The van der Waals surface area contributed by atoms with Crippen LogP contribution in [0.15, 0.2) is 24.3 Å². The van der Waals surface area contributed by atoms with Crippen LogP contribution in [0.2, 0.25) is 0 Å². The molecule has 0 aromatic heterocycles. The van der Waals surface area contributed by atoms with Crippen molar-refractivity contribution in [1.29, 1.82) is 0 Å². The van der Waals surface area contributed by atoms with E-state index in [1.165, 1.54) is 31.2 Å². The van der Waals surface area contributed by atoms with Gasteiger partial charge in [-0.15, -0.1) is 0 Å². The molecular formula is C17H28N2O2. The molecule has 0 radical (unpaired) electrons. The minimum Gasteiger partial charge on any atom is -0.497 e. The molecule has 1 aliphatic carbocycles. The van der Waals surface area contributed by atoms with Crippen LogP contribution in [0.5, 0.6) is 5.75 Å². The molecule has 4 heteroatoms. The van der Waals surface area contributed by atoms with Crippen molar-refractivity contribution in [1.82, 2.24) is 4.90 Å². The van der Waals surface area contributed by atoms with E-state index >= 15 is 0 Å². The molecule has 0 aliphatic heterocycles. The average molecular weight is 292 g/mol. The minimum atomic E-state index is 0.00394. The summed E-state index contributed by atoms with van der Waals surface area (Å²) < 4.78 is 5.34. The third kappa shape index (κ3) is 3.96. The highest BCUT2D eigenvalue weighted by molar-refractivity contribution is 5.31. The van der Waals surface area contributed by atoms with E-state index in [2.05, 4.69) is 17.0 Å². The second kappa shape index (κ2) is 7.78. The lowest BCUT2D eigenvalue weighted by Crippen LogP contribution is -2.45. The number of nitrogens with two attached hydrogens (primary N) is 1. The fourth-order valence-electron chi connectivity index (χ4n) is 3.52. The van der Waals surface area contributed by atoms with Crippen molar-refractivity contribution < 1.29 is 9.84 Å². The summed E-state index contributed by atoms with van der Waals surface area (Å²) in [4.78, 5) is 2.40. The number of rotatable bonds is 7. The van der Waals surface area contributed by atoms with Crippen LogP contribution in [0.25, 0.3) is 0 Å².